The van der Waals surface area contributed by atoms with Crippen molar-refractivity contribution in [2.45, 2.75) is 40.3 Å². The highest BCUT2D eigenvalue weighted by atomic mass is 19.4. The third-order valence-electron chi connectivity index (χ3n) is 2.84. The molecule has 0 radical (unpaired) electrons. The highest BCUT2D eigenvalue weighted by Gasteiger charge is 2.32. The van der Waals surface area contributed by atoms with Gasteiger partial charge >= 0.3 is 6.68 Å². The Balaban J connectivity index is 0.000000557. The van der Waals surface area contributed by atoms with Crippen molar-refractivity contribution in [3.05, 3.63) is 0 Å². The van der Waals surface area contributed by atoms with Gasteiger partial charge in [0.15, 0.2) is 6.73 Å². The molecule has 0 N–H and O–H groups in total. The Labute approximate surface area is 102 Å². The van der Waals surface area contributed by atoms with Gasteiger partial charge in [-0.1, -0.05) is 13.8 Å². The van der Waals surface area contributed by atoms with Gasteiger partial charge in [-0.25, -0.2) is 0 Å². The zero-order chi connectivity index (χ0) is 13.3. The van der Waals surface area contributed by atoms with Crippen LogP contribution in [0.2, 0.25) is 0 Å². The molecule has 0 aromatic carbocycles. The SMILES string of the molecule is CCOC[N+]1(CC(C)C)CCCC1.FC(F)F. The normalized spacial score (nSPS) is 18.4. The van der Waals surface area contributed by atoms with E-state index in [9.17, 15) is 13.2 Å². The third kappa shape index (κ3) is 8.44. The number of ether oxygens (including phenoxy) is 1. The molecule has 104 valence electrons. The van der Waals surface area contributed by atoms with Crippen molar-refractivity contribution in [2.24, 2.45) is 5.92 Å². The lowest BCUT2D eigenvalue weighted by molar-refractivity contribution is -0.937. The van der Waals surface area contributed by atoms with E-state index in [1.54, 1.807) is 0 Å². The van der Waals surface area contributed by atoms with Gasteiger partial charge in [0.2, 0.25) is 0 Å². The second kappa shape index (κ2) is 8.75. The van der Waals surface area contributed by atoms with E-state index in [1.165, 1.54) is 37.0 Å². The van der Waals surface area contributed by atoms with Crippen molar-refractivity contribution in [1.29, 1.82) is 0 Å². The summed E-state index contributed by atoms with van der Waals surface area (Å²) in [5.41, 5.74) is 0. The number of quaternary nitrogens is 1. The summed E-state index contributed by atoms with van der Waals surface area (Å²) in [5, 5.41) is 0. The number of hydrogen-bond donors (Lipinski definition) is 0. The topological polar surface area (TPSA) is 9.23 Å². The average molecular weight is 256 g/mol. The molecule has 17 heavy (non-hydrogen) atoms. The van der Waals surface area contributed by atoms with Crippen molar-refractivity contribution in [3.63, 3.8) is 0 Å². The van der Waals surface area contributed by atoms with E-state index in [0.29, 0.717) is 0 Å². The summed E-state index contributed by atoms with van der Waals surface area (Å²) in [7, 11) is 0. The van der Waals surface area contributed by atoms with Crippen LogP contribution in [0.5, 0.6) is 0 Å². The minimum Gasteiger partial charge on any atom is -0.332 e. The van der Waals surface area contributed by atoms with E-state index in [2.05, 4.69) is 20.8 Å². The molecule has 5 heteroatoms. The second-order valence-electron chi connectivity index (χ2n) is 4.94. The summed E-state index contributed by atoms with van der Waals surface area (Å²) in [5.74, 6) is 0.790. The highest BCUT2D eigenvalue weighted by molar-refractivity contribution is 4.54. The van der Waals surface area contributed by atoms with Gasteiger partial charge in [-0.05, 0) is 6.92 Å². The fourth-order valence-corrected chi connectivity index (χ4v) is 2.43. The lowest BCUT2D eigenvalue weighted by Crippen LogP contribution is -2.49. The molecule has 2 nitrogen and oxygen atoms in total. The smallest absolute Gasteiger partial charge is 0.332 e. The number of alkyl halides is 3. The van der Waals surface area contributed by atoms with Crippen LogP contribution in [0.25, 0.3) is 0 Å². The zero-order valence-electron chi connectivity index (χ0n) is 11.1. The van der Waals surface area contributed by atoms with Crippen LogP contribution in [-0.4, -0.2) is 44.1 Å². The van der Waals surface area contributed by atoms with Crippen molar-refractivity contribution >= 4 is 0 Å². The maximum absolute atomic E-state index is 9.67. The Hall–Kier alpha value is -0.290. The van der Waals surface area contributed by atoms with E-state index in [1.807, 2.05) is 0 Å². The molecule has 0 unspecified atom stereocenters. The fourth-order valence-electron chi connectivity index (χ4n) is 2.43. The van der Waals surface area contributed by atoms with Gasteiger partial charge in [0.1, 0.15) is 0 Å². The first-order valence-electron chi connectivity index (χ1n) is 6.27. The molecule has 1 aliphatic heterocycles. The summed E-state index contributed by atoms with van der Waals surface area (Å²) in [4.78, 5) is 0. The average Bonchev–Trinajstić information content (AvgIpc) is 2.62. The van der Waals surface area contributed by atoms with Gasteiger partial charge in [-0.3, -0.25) is 0 Å². The maximum Gasteiger partial charge on any atom is 0.379 e. The first-order valence-corrected chi connectivity index (χ1v) is 6.27. The molecule has 1 fully saturated rings. The van der Waals surface area contributed by atoms with Crippen LogP contribution in [0.4, 0.5) is 13.2 Å². The molecular formula is C12H25F3NO+. The molecule has 1 heterocycles. The second-order valence-corrected chi connectivity index (χ2v) is 4.94. The maximum atomic E-state index is 9.67. The van der Waals surface area contributed by atoms with Crippen LogP contribution in [0.15, 0.2) is 0 Å². The zero-order valence-corrected chi connectivity index (χ0v) is 11.1. The van der Waals surface area contributed by atoms with E-state index in [0.717, 1.165) is 19.3 Å². The lowest BCUT2D eigenvalue weighted by Gasteiger charge is -2.35. The van der Waals surface area contributed by atoms with Crippen molar-refractivity contribution in [2.75, 3.05) is 33.0 Å². The van der Waals surface area contributed by atoms with Crippen LogP contribution in [0, 0.1) is 5.92 Å². The molecule has 1 rings (SSSR count). The Bertz CT molecular complexity index is 180. The first kappa shape index (κ1) is 16.7. The van der Waals surface area contributed by atoms with Crippen molar-refractivity contribution in [3.8, 4) is 0 Å². The molecule has 0 aromatic heterocycles. The lowest BCUT2D eigenvalue weighted by atomic mass is 10.2. The Morgan fingerprint density at radius 3 is 1.94 bits per heavy atom. The Kier molecular flexibility index (Phi) is 8.60. The number of likely N-dealkylation sites (tertiary alicyclic amines) is 1. The standard InChI is InChI=1S/C11H24NO.CHF3/c1-4-13-10-12(9-11(2)3)7-5-6-8-12;2-1(3)4/h11H,4-10H2,1-3H3;1H/q+1;. The van der Waals surface area contributed by atoms with Crippen LogP contribution < -0.4 is 0 Å². The molecular weight excluding hydrogens is 231 g/mol. The van der Waals surface area contributed by atoms with E-state index < -0.39 is 6.68 Å². The van der Waals surface area contributed by atoms with Crippen LogP contribution in [0.3, 0.4) is 0 Å². The minimum absolute atomic E-state index is 0.790. The molecule has 0 aliphatic carbocycles. The Morgan fingerprint density at radius 1 is 1.12 bits per heavy atom. The molecule has 0 atom stereocenters. The predicted molar refractivity (Wildman–Crippen MR) is 62.5 cm³/mol. The molecule has 1 saturated heterocycles. The molecule has 1 aliphatic rings. The summed E-state index contributed by atoms with van der Waals surface area (Å²) in [6.45, 7) is 8.79. The quantitative estimate of drug-likeness (QED) is 0.685. The number of rotatable bonds is 5. The number of hydrogen-bond acceptors (Lipinski definition) is 1. The van der Waals surface area contributed by atoms with Crippen LogP contribution >= 0.6 is 0 Å². The van der Waals surface area contributed by atoms with Crippen molar-refractivity contribution in [1.82, 2.24) is 0 Å². The number of halogens is 3. The van der Waals surface area contributed by atoms with Crippen LogP contribution in [0.1, 0.15) is 33.6 Å². The molecule has 0 spiro atoms. The van der Waals surface area contributed by atoms with E-state index in [-0.39, 0.29) is 0 Å². The van der Waals surface area contributed by atoms with E-state index in [4.69, 9.17) is 4.74 Å². The van der Waals surface area contributed by atoms with Crippen molar-refractivity contribution < 1.29 is 22.4 Å². The molecule has 0 bridgehead atoms. The Morgan fingerprint density at radius 2 is 1.59 bits per heavy atom. The largest absolute Gasteiger partial charge is 0.379 e. The molecule has 0 saturated carbocycles. The number of nitrogens with zero attached hydrogens (tertiary/aromatic N) is 1. The monoisotopic (exact) mass is 256 g/mol. The van der Waals surface area contributed by atoms with Gasteiger partial charge < -0.3 is 9.22 Å². The van der Waals surface area contributed by atoms with Gasteiger partial charge in [0.25, 0.3) is 0 Å². The fraction of sp³-hybridized carbons (Fsp3) is 1.00. The van der Waals surface area contributed by atoms with Gasteiger partial charge in [0.05, 0.1) is 19.6 Å². The van der Waals surface area contributed by atoms with E-state index >= 15 is 0 Å². The predicted octanol–water partition coefficient (Wildman–Crippen LogP) is 3.43. The van der Waals surface area contributed by atoms with Gasteiger partial charge in [0, 0.05) is 25.4 Å². The molecule has 0 aromatic rings. The van der Waals surface area contributed by atoms with Gasteiger partial charge in [-0.2, -0.15) is 13.2 Å². The summed E-state index contributed by atoms with van der Waals surface area (Å²) < 4.78 is 35.8. The summed E-state index contributed by atoms with van der Waals surface area (Å²) in [6.07, 6.45) is 2.78. The highest BCUT2D eigenvalue weighted by Crippen LogP contribution is 2.21. The first-order chi connectivity index (χ1) is 7.92. The third-order valence-corrected chi connectivity index (χ3v) is 2.84. The molecule has 0 amide bonds. The minimum atomic E-state index is -3.67. The van der Waals surface area contributed by atoms with Crippen LogP contribution in [-0.2, 0) is 4.74 Å². The summed E-state index contributed by atoms with van der Waals surface area (Å²) >= 11 is 0. The summed E-state index contributed by atoms with van der Waals surface area (Å²) in [6, 6.07) is 0. The van der Waals surface area contributed by atoms with Gasteiger partial charge in [-0.15, -0.1) is 0 Å².